The first-order valence-electron chi connectivity index (χ1n) is 5.24. The summed E-state index contributed by atoms with van der Waals surface area (Å²) < 4.78 is 22.7. The summed E-state index contributed by atoms with van der Waals surface area (Å²) in [4.78, 5) is 0. The summed E-state index contributed by atoms with van der Waals surface area (Å²) in [7, 11) is -3.14. The molecule has 0 amide bonds. The van der Waals surface area contributed by atoms with Crippen molar-refractivity contribution in [3.05, 3.63) is 24.0 Å². The third kappa shape index (κ3) is 4.78. The minimum absolute atomic E-state index is 0.284. The van der Waals surface area contributed by atoms with Gasteiger partial charge in [-0.2, -0.15) is 0 Å². The zero-order valence-corrected chi connectivity index (χ0v) is 10.9. The van der Waals surface area contributed by atoms with Crippen molar-refractivity contribution in [2.45, 2.75) is 27.7 Å². The van der Waals surface area contributed by atoms with Crippen molar-refractivity contribution < 1.29 is 13.6 Å². The van der Waals surface area contributed by atoms with Crippen LogP contribution in [-0.2, 0) is 13.6 Å². The highest BCUT2D eigenvalue weighted by Crippen LogP contribution is 2.56. The van der Waals surface area contributed by atoms with Crippen LogP contribution in [0.1, 0.15) is 27.7 Å². The van der Waals surface area contributed by atoms with E-state index >= 15 is 0 Å². The monoisotopic (exact) mass is 232 g/mol. The van der Waals surface area contributed by atoms with E-state index in [1.54, 1.807) is 19.9 Å². The van der Waals surface area contributed by atoms with Gasteiger partial charge >= 0.3 is 7.60 Å². The van der Waals surface area contributed by atoms with Gasteiger partial charge < -0.3 is 9.05 Å². The van der Waals surface area contributed by atoms with Gasteiger partial charge in [0.25, 0.3) is 0 Å². The van der Waals surface area contributed by atoms with Crippen molar-refractivity contribution in [1.82, 2.24) is 0 Å². The average molecular weight is 232 g/mol. The number of rotatable bonds is 7. The third-order valence-electron chi connectivity index (χ3n) is 1.63. The zero-order chi connectivity index (χ0) is 11.9. The van der Waals surface area contributed by atoms with Crippen LogP contribution in [0, 0.1) is 5.92 Å². The molecule has 0 aromatic heterocycles. The van der Waals surface area contributed by atoms with Gasteiger partial charge in [0.2, 0.25) is 0 Å². The van der Waals surface area contributed by atoms with Gasteiger partial charge in [-0.05, 0) is 19.8 Å². The Kier molecular flexibility index (Phi) is 6.82. The first kappa shape index (κ1) is 14.6. The van der Waals surface area contributed by atoms with Gasteiger partial charge in [0.1, 0.15) is 0 Å². The molecule has 0 spiro atoms. The first-order chi connectivity index (χ1) is 7.00. The van der Waals surface area contributed by atoms with Gasteiger partial charge in [0.15, 0.2) is 0 Å². The fourth-order valence-corrected chi connectivity index (χ4v) is 2.90. The molecule has 0 N–H and O–H groups in total. The molecular weight excluding hydrogens is 211 g/mol. The second-order valence-electron chi connectivity index (χ2n) is 3.37. The van der Waals surface area contributed by atoms with E-state index in [1.165, 1.54) is 0 Å². The predicted molar refractivity (Wildman–Crippen MR) is 64.0 cm³/mol. The molecule has 0 aromatic carbocycles. The fraction of sp³-hybridized carbons (Fsp3) is 0.636. The molecule has 15 heavy (non-hydrogen) atoms. The van der Waals surface area contributed by atoms with Crippen molar-refractivity contribution in [2.24, 2.45) is 5.92 Å². The fourth-order valence-electron chi connectivity index (χ4n) is 1.14. The molecule has 0 aliphatic rings. The quantitative estimate of drug-likeness (QED) is 0.492. The molecule has 0 aliphatic carbocycles. The summed E-state index contributed by atoms with van der Waals surface area (Å²) >= 11 is 0. The molecule has 0 radical (unpaired) electrons. The molecule has 0 saturated carbocycles. The molecule has 0 heterocycles. The topological polar surface area (TPSA) is 35.5 Å². The zero-order valence-electron chi connectivity index (χ0n) is 10.0. The van der Waals surface area contributed by atoms with Crippen LogP contribution in [0.5, 0.6) is 0 Å². The molecule has 4 heteroatoms. The average Bonchev–Trinajstić information content (AvgIpc) is 2.14. The lowest BCUT2D eigenvalue weighted by molar-refractivity contribution is 0.227. The third-order valence-corrected chi connectivity index (χ3v) is 3.79. The molecule has 0 fully saturated rings. The molecular formula is C11H21O3P. The molecule has 0 aromatic rings. The maximum atomic E-state index is 12.3. The standard InChI is InChI=1S/C11H21O3P/c1-6-11(9-10(4)5)15(12,13-7-2)14-8-3/h6,9-10H,1,7-8H2,2-5H3/b11-9-. The Morgan fingerprint density at radius 3 is 2.07 bits per heavy atom. The smallest absolute Gasteiger partial charge is 0.306 e. The molecule has 0 bridgehead atoms. The van der Waals surface area contributed by atoms with Crippen molar-refractivity contribution in [3.8, 4) is 0 Å². The summed E-state index contributed by atoms with van der Waals surface area (Å²) in [5.41, 5.74) is 0. The Morgan fingerprint density at radius 1 is 1.33 bits per heavy atom. The van der Waals surface area contributed by atoms with E-state index in [1.807, 2.05) is 19.9 Å². The Balaban J connectivity index is 5.02. The minimum Gasteiger partial charge on any atom is -0.306 e. The second kappa shape index (κ2) is 7.00. The molecule has 3 nitrogen and oxygen atoms in total. The van der Waals surface area contributed by atoms with E-state index in [9.17, 15) is 4.57 Å². The van der Waals surface area contributed by atoms with Crippen molar-refractivity contribution in [1.29, 1.82) is 0 Å². The van der Waals surface area contributed by atoms with Crippen LogP contribution in [0.2, 0.25) is 0 Å². The summed E-state index contributed by atoms with van der Waals surface area (Å²) in [6, 6.07) is 0. The lowest BCUT2D eigenvalue weighted by Crippen LogP contribution is -1.98. The van der Waals surface area contributed by atoms with Crippen LogP contribution in [-0.4, -0.2) is 13.2 Å². The van der Waals surface area contributed by atoms with E-state index in [4.69, 9.17) is 9.05 Å². The summed E-state index contributed by atoms with van der Waals surface area (Å²) in [6.45, 7) is 12.0. The van der Waals surface area contributed by atoms with Crippen LogP contribution in [0.25, 0.3) is 0 Å². The minimum atomic E-state index is -3.14. The Hall–Kier alpha value is -0.370. The van der Waals surface area contributed by atoms with Crippen LogP contribution in [0.15, 0.2) is 24.0 Å². The van der Waals surface area contributed by atoms with E-state index in [-0.39, 0.29) is 5.92 Å². The summed E-state index contributed by atoms with van der Waals surface area (Å²) in [5, 5.41) is 0.557. The Bertz CT molecular complexity index is 259. The van der Waals surface area contributed by atoms with E-state index in [0.29, 0.717) is 18.5 Å². The number of hydrogen-bond acceptors (Lipinski definition) is 3. The van der Waals surface area contributed by atoms with E-state index < -0.39 is 7.60 Å². The van der Waals surface area contributed by atoms with E-state index in [2.05, 4.69) is 6.58 Å². The van der Waals surface area contributed by atoms with Gasteiger partial charge in [0.05, 0.1) is 18.5 Å². The maximum Gasteiger partial charge on any atom is 0.360 e. The predicted octanol–water partition coefficient (Wildman–Crippen LogP) is 3.98. The molecule has 0 aliphatic heterocycles. The maximum absolute atomic E-state index is 12.3. The van der Waals surface area contributed by atoms with Crippen LogP contribution in [0.3, 0.4) is 0 Å². The highest BCUT2D eigenvalue weighted by molar-refractivity contribution is 7.58. The molecule has 0 atom stereocenters. The van der Waals surface area contributed by atoms with Crippen molar-refractivity contribution >= 4 is 7.60 Å². The first-order valence-corrected chi connectivity index (χ1v) is 6.78. The molecule has 0 rings (SSSR count). The Labute approximate surface area is 92.7 Å². The molecule has 88 valence electrons. The Morgan fingerprint density at radius 2 is 1.80 bits per heavy atom. The largest absolute Gasteiger partial charge is 0.360 e. The molecule has 0 saturated heterocycles. The van der Waals surface area contributed by atoms with Gasteiger partial charge in [-0.1, -0.05) is 32.6 Å². The number of allylic oxidation sites excluding steroid dienone is 3. The van der Waals surface area contributed by atoms with Gasteiger partial charge in [0, 0.05) is 0 Å². The van der Waals surface area contributed by atoms with E-state index in [0.717, 1.165) is 0 Å². The highest BCUT2D eigenvalue weighted by Gasteiger charge is 2.27. The van der Waals surface area contributed by atoms with Crippen molar-refractivity contribution in [2.75, 3.05) is 13.2 Å². The normalized spacial score (nSPS) is 13.3. The SMILES string of the molecule is C=C/C(=C/C(C)C)P(=O)(OCC)OCC. The summed E-state index contributed by atoms with van der Waals surface area (Å²) in [5.74, 6) is 0.284. The van der Waals surface area contributed by atoms with Gasteiger partial charge in [-0.3, -0.25) is 4.57 Å². The lowest BCUT2D eigenvalue weighted by Gasteiger charge is -2.18. The lowest BCUT2D eigenvalue weighted by atomic mass is 10.2. The van der Waals surface area contributed by atoms with Crippen molar-refractivity contribution in [3.63, 3.8) is 0 Å². The summed E-state index contributed by atoms with van der Waals surface area (Å²) in [6.07, 6.45) is 3.41. The molecule has 0 unspecified atom stereocenters. The second-order valence-corrected chi connectivity index (χ2v) is 5.40. The highest BCUT2D eigenvalue weighted by atomic mass is 31.2. The van der Waals surface area contributed by atoms with Crippen LogP contribution < -0.4 is 0 Å². The van der Waals surface area contributed by atoms with Crippen LogP contribution >= 0.6 is 7.60 Å². The van der Waals surface area contributed by atoms with Gasteiger partial charge in [-0.25, -0.2) is 0 Å². The van der Waals surface area contributed by atoms with Crippen LogP contribution in [0.4, 0.5) is 0 Å². The number of hydrogen-bond donors (Lipinski definition) is 0. The van der Waals surface area contributed by atoms with Gasteiger partial charge in [-0.15, -0.1) is 0 Å².